The van der Waals surface area contributed by atoms with Crippen molar-refractivity contribution < 1.29 is 21.6 Å². The fraction of sp³-hybridized carbons (Fsp3) is 0.455. The Kier molecular flexibility index (Phi) is 4.21. The van der Waals surface area contributed by atoms with Crippen LogP contribution in [0.1, 0.15) is 5.56 Å². The number of benzene rings is 1. The Balaban J connectivity index is 2.09. The predicted molar refractivity (Wildman–Crippen MR) is 68.4 cm³/mol. The van der Waals surface area contributed by atoms with Crippen LogP contribution in [-0.4, -0.2) is 38.9 Å². The normalized spacial score (nSPS) is 17.9. The summed E-state index contributed by atoms with van der Waals surface area (Å²) in [6.07, 6.45) is -4.43. The van der Waals surface area contributed by atoms with Gasteiger partial charge in [0.15, 0.2) is 0 Å². The summed E-state index contributed by atoms with van der Waals surface area (Å²) in [5, 5.41) is 3.02. The fourth-order valence-electron chi connectivity index (χ4n) is 1.83. The number of anilines is 1. The van der Waals surface area contributed by atoms with Crippen molar-refractivity contribution in [2.45, 2.75) is 6.18 Å². The number of halogens is 3. The molecule has 0 radical (unpaired) electrons. The molecule has 0 aliphatic carbocycles. The number of nitrogens with zero attached hydrogens (tertiary/aromatic N) is 1. The van der Waals surface area contributed by atoms with Gasteiger partial charge < -0.3 is 5.32 Å². The lowest BCUT2D eigenvalue weighted by atomic mass is 10.2. The van der Waals surface area contributed by atoms with Gasteiger partial charge in [0.05, 0.1) is 5.56 Å². The number of hydrogen-bond acceptors (Lipinski definition) is 3. The van der Waals surface area contributed by atoms with Crippen LogP contribution in [0.2, 0.25) is 0 Å². The molecule has 1 fully saturated rings. The van der Waals surface area contributed by atoms with Crippen molar-refractivity contribution in [2.24, 2.45) is 0 Å². The molecule has 9 heteroatoms. The summed E-state index contributed by atoms with van der Waals surface area (Å²) >= 11 is 0. The molecule has 1 aliphatic heterocycles. The molecule has 5 nitrogen and oxygen atoms in total. The minimum atomic E-state index is -4.43. The number of rotatable bonds is 3. The van der Waals surface area contributed by atoms with Crippen molar-refractivity contribution in [3.63, 3.8) is 0 Å². The van der Waals surface area contributed by atoms with Gasteiger partial charge >= 0.3 is 16.4 Å². The van der Waals surface area contributed by atoms with Crippen molar-refractivity contribution in [3.05, 3.63) is 29.8 Å². The zero-order valence-corrected chi connectivity index (χ0v) is 11.3. The summed E-state index contributed by atoms with van der Waals surface area (Å²) in [5.41, 5.74) is -0.709. The van der Waals surface area contributed by atoms with Gasteiger partial charge in [-0.3, -0.25) is 4.72 Å². The van der Waals surface area contributed by atoms with Crippen LogP contribution in [-0.2, 0) is 16.4 Å². The second-order valence-electron chi connectivity index (χ2n) is 4.33. The van der Waals surface area contributed by atoms with E-state index in [4.69, 9.17) is 0 Å². The molecule has 0 saturated carbocycles. The molecule has 1 heterocycles. The van der Waals surface area contributed by atoms with E-state index in [1.54, 1.807) is 0 Å². The van der Waals surface area contributed by atoms with Gasteiger partial charge in [0.1, 0.15) is 0 Å². The van der Waals surface area contributed by atoms with Gasteiger partial charge in [-0.15, -0.1) is 0 Å². The molecule has 0 amide bonds. The summed E-state index contributed by atoms with van der Waals surface area (Å²) in [6.45, 7) is 1.76. The Labute approximate surface area is 115 Å². The topological polar surface area (TPSA) is 61.4 Å². The molecular weight excluding hydrogens is 295 g/mol. The van der Waals surface area contributed by atoms with Crippen LogP contribution >= 0.6 is 0 Å². The molecule has 1 aromatic rings. The first kappa shape index (κ1) is 15.1. The molecule has 2 rings (SSSR count). The molecule has 0 aromatic heterocycles. The lowest BCUT2D eigenvalue weighted by Crippen LogP contribution is -2.48. The molecular formula is C11H14F3N3O2S. The number of piperazine rings is 1. The monoisotopic (exact) mass is 309 g/mol. The van der Waals surface area contributed by atoms with Crippen molar-refractivity contribution in [2.75, 3.05) is 30.9 Å². The number of hydrogen-bond donors (Lipinski definition) is 2. The first-order chi connectivity index (χ1) is 9.29. The standard InChI is InChI=1S/C11H14F3N3O2S/c12-11(13,14)9-1-3-10(4-2-9)16-20(18,19)17-7-5-15-6-8-17/h1-4,15-16H,5-8H2. The van der Waals surface area contributed by atoms with E-state index >= 15 is 0 Å². The van der Waals surface area contributed by atoms with Crippen molar-refractivity contribution in [1.82, 2.24) is 9.62 Å². The average Bonchev–Trinajstić information content (AvgIpc) is 2.39. The first-order valence-electron chi connectivity index (χ1n) is 5.95. The van der Waals surface area contributed by atoms with Crippen LogP contribution in [0.5, 0.6) is 0 Å². The Morgan fingerprint density at radius 1 is 1.10 bits per heavy atom. The summed E-state index contributed by atoms with van der Waals surface area (Å²) in [5.74, 6) is 0. The third-order valence-electron chi connectivity index (χ3n) is 2.87. The highest BCUT2D eigenvalue weighted by Gasteiger charge is 2.30. The van der Waals surface area contributed by atoms with Gasteiger partial charge in [-0.05, 0) is 24.3 Å². The van der Waals surface area contributed by atoms with Gasteiger partial charge in [-0.25, -0.2) is 0 Å². The Morgan fingerprint density at radius 3 is 2.15 bits per heavy atom. The van der Waals surface area contributed by atoms with E-state index in [9.17, 15) is 21.6 Å². The van der Waals surface area contributed by atoms with E-state index in [2.05, 4.69) is 10.0 Å². The second kappa shape index (κ2) is 5.58. The van der Waals surface area contributed by atoms with Gasteiger partial charge in [-0.1, -0.05) is 0 Å². The minimum absolute atomic E-state index is 0.108. The SMILES string of the molecule is O=S(=O)(Nc1ccc(C(F)(F)F)cc1)N1CCNCC1. The van der Waals surface area contributed by atoms with Crippen molar-refractivity contribution in [1.29, 1.82) is 0 Å². The van der Waals surface area contributed by atoms with E-state index in [1.165, 1.54) is 4.31 Å². The molecule has 112 valence electrons. The van der Waals surface area contributed by atoms with Gasteiger partial charge in [0, 0.05) is 31.9 Å². The number of alkyl halides is 3. The minimum Gasteiger partial charge on any atom is -0.314 e. The highest BCUT2D eigenvalue weighted by Crippen LogP contribution is 2.30. The van der Waals surface area contributed by atoms with Crippen molar-refractivity contribution in [3.8, 4) is 0 Å². The van der Waals surface area contributed by atoms with Crippen LogP contribution in [0.3, 0.4) is 0 Å². The molecule has 1 aliphatic rings. The second-order valence-corrected chi connectivity index (χ2v) is 6.00. The van der Waals surface area contributed by atoms with E-state index in [0.717, 1.165) is 24.3 Å². The first-order valence-corrected chi connectivity index (χ1v) is 7.39. The summed E-state index contributed by atoms with van der Waals surface area (Å²) in [7, 11) is -3.72. The highest BCUT2D eigenvalue weighted by molar-refractivity contribution is 7.90. The molecule has 20 heavy (non-hydrogen) atoms. The maximum absolute atomic E-state index is 12.4. The number of nitrogens with one attached hydrogen (secondary N) is 2. The van der Waals surface area contributed by atoms with Crippen LogP contribution in [0.15, 0.2) is 24.3 Å². The summed E-state index contributed by atoms with van der Waals surface area (Å²) in [6, 6.07) is 3.89. The average molecular weight is 309 g/mol. The van der Waals surface area contributed by atoms with Gasteiger partial charge in [-0.2, -0.15) is 25.9 Å². The summed E-state index contributed by atoms with van der Waals surface area (Å²) in [4.78, 5) is 0. The van der Waals surface area contributed by atoms with E-state index in [-0.39, 0.29) is 5.69 Å². The molecule has 1 saturated heterocycles. The van der Waals surface area contributed by atoms with Gasteiger partial charge in [0.25, 0.3) is 0 Å². The van der Waals surface area contributed by atoms with Gasteiger partial charge in [0.2, 0.25) is 0 Å². The Morgan fingerprint density at radius 2 is 1.65 bits per heavy atom. The predicted octanol–water partition coefficient (Wildman–Crippen LogP) is 1.27. The highest BCUT2D eigenvalue weighted by atomic mass is 32.2. The smallest absolute Gasteiger partial charge is 0.314 e. The molecule has 2 N–H and O–H groups in total. The largest absolute Gasteiger partial charge is 0.416 e. The maximum Gasteiger partial charge on any atom is 0.416 e. The lowest BCUT2D eigenvalue weighted by molar-refractivity contribution is -0.137. The zero-order chi connectivity index (χ0) is 14.8. The molecule has 1 aromatic carbocycles. The molecule has 0 unspecified atom stereocenters. The molecule has 0 spiro atoms. The summed E-state index contributed by atoms with van der Waals surface area (Å²) < 4.78 is 64.7. The lowest BCUT2D eigenvalue weighted by Gasteiger charge is -2.26. The van der Waals surface area contributed by atoms with Crippen LogP contribution < -0.4 is 10.0 Å². The van der Waals surface area contributed by atoms with Crippen LogP contribution in [0, 0.1) is 0 Å². The van der Waals surface area contributed by atoms with E-state index in [1.807, 2.05) is 0 Å². The van der Waals surface area contributed by atoms with Crippen LogP contribution in [0.4, 0.5) is 18.9 Å². The van der Waals surface area contributed by atoms with E-state index < -0.39 is 21.9 Å². The third-order valence-corrected chi connectivity index (χ3v) is 4.41. The third kappa shape index (κ3) is 3.62. The Bertz CT molecular complexity index is 551. The zero-order valence-electron chi connectivity index (χ0n) is 10.4. The fourth-order valence-corrected chi connectivity index (χ4v) is 3.05. The molecule has 0 bridgehead atoms. The quantitative estimate of drug-likeness (QED) is 0.884. The van der Waals surface area contributed by atoms with Crippen LogP contribution in [0.25, 0.3) is 0 Å². The Hall–Kier alpha value is -1.32. The van der Waals surface area contributed by atoms with Crippen molar-refractivity contribution >= 4 is 15.9 Å². The molecule has 0 atom stereocenters. The maximum atomic E-state index is 12.4. The van der Waals surface area contributed by atoms with E-state index in [0.29, 0.717) is 26.2 Å².